The van der Waals surface area contributed by atoms with Crippen LogP contribution in [0.1, 0.15) is 63.4 Å². The molecule has 0 aromatic heterocycles. The molecule has 5 saturated carbocycles. The van der Waals surface area contributed by atoms with Crippen molar-refractivity contribution < 1.29 is 27.5 Å². The Morgan fingerprint density at radius 2 is 1.54 bits per heavy atom. The average Bonchev–Trinajstić information content (AvgIpc) is 2.78. The minimum absolute atomic E-state index is 0.158. The fourth-order valence-corrected chi connectivity index (χ4v) is 8.70. The fraction of sp³-hybridized carbons (Fsp3) is 0.692. The molecular weight excluding hydrogens is 468 g/mol. The van der Waals surface area contributed by atoms with E-state index >= 15 is 0 Å². The molecular formula is C26H36N2O6S. The quantitative estimate of drug-likeness (QED) is 0.572. The van der Waals surface area contributed by atoms with Gasteiger partial charge in [-0.05, 0) is 94.6 Å². The molecule has 5 aliphatic rings. The lowest BCUT2D eigenvalue weighted by Crippen LogP contribution is -2.55. The van der Waals surface area contributed by atoms with Crippen LogP contribution in [0.2, 0.25) is 0 Å². The zero-order valence-electron chi connectivity index (χ0n) is 20.5. The number of esters is 1. The van der Waals surface area contributed by atoms with E-state index in [0.29, 0.717) is 37.0 Å². The van der Waals surface area contributed by atoms with E-state index in [9.17, 15) is 18.0 Å². The maximum absolute atomic E-state index is 12.9. The Hall–Kier alpha value is -2.13. The number of sulfonamides is 1. The van der Waals surface area contributed by atoms with E-state index in [0.717, 1.165) is 24.8 Å². The number of hydrogen-bond acceptors (Lipinski definition) is 6. The molecule has 9 heteroatoms. The number of aryl methyl sites for hydroxylation is 1. The van der Waals surface area contributed by atoms with Crippen LogP contribution in [0.5, 0.6) is 0 Å². The number of amides is 1. The summed E-state index contributed by atoms with van der Waals surface area (Å²) in [5, 5.41) is 2.98. The lowest BCUT2D eigenvalue weighted by atomic mass is 9.54. The average molecular weight is 505 g/mol. The first-order chi connectivity index (χ1) is 16.6. The molecule has 2 N–H and O–H groups in total. The summed E-state index contributed by atoms with van der Waals surface area (Å²) >= 11 is 0. The van der Waals surface area contributed by atoms with Crippen molar-refractivity contribution in [2.75, 3.05) is 7.11 Å². The molecule has 8 nitrogen and oxygen atoms in total. The van der Waals surface area contributed by atoms with Gasteiger partial charge in [-0.3, -0.25) is 4.79 Å². The first-order valence-electron chi connectivity index (χ1n) is 12.8. The Bertz CT molecular complexity index is 1030. The second kappa shape index (κ2) is 9.39. The van der Waals surface area contributed by atoms with Gasteiger partial charge in [-0.15, -0.1) is 0 Å². The predicted molar refractivity (Wildman–Crippen MR) is 129 cm³/mol. The molecule has 1 aromatic carbocycles. The molecule has 0 radical (unpaired) electrons. The van der Waals surface area contributed by atoms with Crippen LogP contribution in [0.3, 0.4) is 0 Å². The summed E-state index contributed by atoms with van der Waals surface area (Å²) in [6, 6.07) is 5.70. The third kappa shape index (κ3) is 5.21. The molecule has 5 aliphatic carbocycles. The molecule has 1 aromatic rings. The van der Waals surface area contributed by atoms with Crippen LogP contribution in [0, 0.1) is 30.6 Å². The minimum atomic E-state index is -3.79. The molecule has 6 rings (SSSR count). The highest BCUT2D eigenvalue weighted by molar-refractivity contribution is 7.89. The van der Waals surface area contributed by atoms with Crippen molar-refractivity contribution >= 4 is 22.1 Å². The summed E-state index contributed by atoms with van der Waals surface area (Å²) < 4.78 is 39.6. The Labute approximate surface area is 207 Å². The van der Waals surface area contributed by atoms with Crippen LogP contribution in [0.4, 0.5) is 4.79 Å². The van der Waals surface area contributed by atoms with Crippen molar-refractivity contribution in [3.05, 3.63) is 29.8 Å². The fourth-order valence-electron chi connectivity index (χ4n) is 7.39. The summed E-state index contributed by atoms with van der Waals surface area (Å²) in [5.74, 6) is 0.848. The molecule has 1 amide bonds. The molecule has 0 spiro atoms. The van der Waals surface area contributed by atoms with Crippen molar-refractivity contribution in [3.63, 3.8) is 0 Å². The first-order valence-corrected chi connectivity index (χ1v) is 14.3. The Morgan fingerprint density at radius 1 is 0.943 bits per heavy atom. The second-order valence-corrected chi connectivity index (χ2v) is 13.0. The molecule has 35 heavy (non-hydrogen) atoms. The van der Waals surface area contributed by atoms with E-state index in [4.69, 9.17) is 9.47 Å². The van der Waals surface area contributed by atoms with Gasteiger partial charge < -0.3 is 14.8 Å². The Morgan fingerprint density at radius 3 is 2.11 bits per heavy atom. The Balaban J connectivity index is 1.21. The molecule has 192 valence electrons. The predicted octanol–water partition coefficient (Wildman–Crippen LogP) is 3.68. The van der Waals surface area contributed by atoms with Gasteiger partial charge in [-0.1, -0.05) is 17.7 Å². The highest BCUT2D eigenvalue weighted by Crippen LogP contribution is 2.57. The van der Waals surface area contributed by atoms with Gasteiger partial charge in [0.2, 0.25) is 10.0 Å². The minimum Gasteiger partial charge on any atom is -0.469 e. The second-order valence-electron chi connectivity index (χ2n) is 11.3. The third-order valence-electron chi connectivity index (χ3n) is 8.61. The van der Waals surface area contributed by atoms with Crippen LogP contribution in [-0.4, -0.2) is 45.3 Å². The van der Waals surface area contributed by atoms with Crippen LogP contribution in [0.25, 0.3) is 0 Å². The standard InChI is InChI=1S/C26H36N2O6S/c1-16-3-6-21(7-4-16)35(31,32)28-23-8-5-20(12-22(23)24(29)33-2)27-25(30)34-26-13-17-9-18(14-26)11-19(10-17)15-26/h3-4,6-7,17-20,22-23,28H,5,8-15H2,1-2H3,(H,27,30)/t17?,18?,19?,20-,22-,23-,26?/m1/s1. The molecule has 3 atom stereocenters. The summed E-state index contributed by atoms with van der Waals surface area (Å²) in [4.78, 5) is 25.6. The number of carbonyl (C=O) groups is 2. The van der Waals surface area contributed by atoms with E-state index < -0.39 is 34.0 Å². The van der Waals surface area contributed by atoms with E-state index in [1.165, 1.54) is 26.4 Å². The van der Waals surface area contributed by atoms with E-state index in [1.54, 1.807) is 24.3 Å². The van der Waals surface area contributed by atoms with E-state index in [-0.39, 0.29) is 16.5 Å². The summed E-state index contributed by atoms with van der Waals surface area (Å²) in [5.41, 5.74) is 0.630. The lowest BCUT2D eigenvalue weighted by Gasteiger charge is -2.55. The number of hydrogen-bond donors (Lipinski definition) is 2. The molecule has 5 fully saturated rings. The van der Waals surface area contributed by atoms with Crippen molar-refractivity contribution in [2.24, 2.45) is 23.7 Å². The maximum atomic E-state index is 12.9. The SMILES string of the molecule is COC(=O)[C@@H]1C[C@H](NC(=O)OC23CC4CC(CC(C4)C2)C3)CC[C@H]1NS(=O)(=O)c1ccc(C)cc1. The zero-order chi connectivity index (χ0) is 24.8. The summed E-state index contributed by atoms with van der Waals surface area (Å²) in [6.07, 6.45) is 7.54. The number of nitrogens with one attached hydrogen (secondary N) is 2. The van der Waals surface area contributed by atoms with Crippen molar-refractivity contribution in [1.29, 1.82) is 0 Å². The highest BCUT2D eigenvalue weighted by Gasteiger charge is 2.53. The van der Waals surface area contributed by atoms with Gasteiger partial charge in [-0.2, -0.15) is 0 Å². The van der Waals surface area contributed by atoms with Gasteiger partial charge in [0, 0.05) is 12.1 Å². The smallest absolute Gasteiger partial charge is 0.407 e. The number of methoxy groups -OCH3 is 1. The van der Waals surface area contributed by atoms with Gasteiger partial charge in [0.15, 0.2) is 0 Å². The number of carbonyl (C=O) groups excluding carboxylic acids is 2. The number of alkyl carbamates (subject to hydrolysis) is 1. The maximum Gasteiger partial charge on any atom is 0.407 e. The Kier molecular flexibility index (Phi) is 6.59. The third-order valence-corrected chi connectivity index (χ3v) is 10.1. The number of rotatable bonds is 6. The van der Waals surface area contributed by atoms with Crippen LogP contribution >= 0.6 is 0 Å². The van der Waals surface area contributed by atoms with Crippen LogP contribution < -0.4 is 10.0 Å². The highest BCUT2D eigenvalue weighted by atomic mass is 32.2. The number of ether oxygens (including phenoxy) is 2. The van der Waals surface area contributed by atoms with Gasteiger partial charge in [0.1, 0.15) is 5.60 Å². The van der Waals surface area contributed by atoms with E-state index in [2.05, 4.69) is 10.0 Å². The molecule has 0 aliphatic heterocycles. The largest absolute Gasteiger partial charge is 0.469 e. The monoisotopic (exact) mass is 504 g/mol. The van der Waals surface area contributed by atoms with Gasteiger partial charge >= 0.3 is 12.1 Å². The molecule has 0 saturated heterocycles. The van der Waals surface area contributed by atoms with Gasteiger partial charge in [0.25, 0.3) is 0 Å². The van der Waals surface area contributed by atoms with Crippen molar-refractivity contribution in [3.8, 4) is 0 Å². The van der Waals surface area contributed by atoms with Crippen LogP contribution in [-0.2, 0) is 24.3 Å². The topological polar surface area (TPSA) is 111 Å². The first kappa shape index (κ1) is 24.6. The summed E-state index contributed by atoms with van der Waals surface area (Å²) in [6.45, 7) is 1.89. The summed E-state index contributed by atoms with van der Waals surface area (Å²) in [7, 11) is -2.49. The normalized spacial score (nSPS) is 35.9. The number of benzene rings is 1. The van der Waals surface area contributed by atoms with Crippen molar-refractivity contribution in [1.82, 2.24) is 10.0 Å². The lowest BCUT2D eigenvalue weighted by molar-refractivity contribution is -0.147. The van der Waals surface area contributed by atoms with Crippen LogP contribution in [0.15, 0.2) is 29.2 Å². The van der Waals surface area contributed by atoms with Gasteiger partial charge in [0.05, 0.1) is 17.9 Å². The van der Waals surface area contributed by atoms with E-state index in [1.807, 2.05) is 6.92 Å². The molecule has 0 unspecified atom stereocenters. The van der Waals surface area contributed by atoms with Crippen molar-refractivity contribution in [2.45, 2.75) is 87.3 Å². The molecule has 4 bridgehead atoms. The van der Waals surface area contributed by atoms with Gasteiger partial charge in [-0.25, -0.2) is 17.9 Å². The molecule has 0 heterocycles. The zero-order valence-corrected chi connectivity index (χ0v) is 21.3.